The Morgan fingerprint density at radius 2 is 1.88 bits per heavy atom. The number of ether oxygens (including phenoxy) is 1. The highest BCUT2D eigenvalue weighted by atomic mass is 32.2. The summed E-state index contributed by atoms with van der Waals surface area (Å²) in [7, 11) is -3.79. The molecular weight excluding hydrogens is 342 g/mol. The number of carbonyl (C=O) groups is 1. The molecule has 0 saturated heterocycles. The van der Waals surface area contributed by atoms with Crippen molar-refractivity contribution in [1.82, 2.24) is 0 Å². The van der Waals surface area contributed by atoms with Gasteiger partial charge in [0.15, 0.2) is 0 Å². The zero-order valence-corrected chi connectivity index (χ0v) is 14.3. The van der Waals surface area contributed by atoms with Crippen LogP contribution in [0.2, 0.25) is 0 Å². The molecule has 1 aliphatic rings. The van der Waals surface area contributed by atoms with E-state index in [2.05, 4.69) is 15.0 Å². The van der Waals surface area contributed by atoms with Crippen molar-refractivity contribution in [3.63, 3.8) is 0 Å². The third kappa shape index (κ3) is 3.97. The van der Waals surface area contributed by atoms with Gasteiger partial charge < -0.3 is 15.4 Å². The number of hydrogen-bond donors (Lipinski definition) is 2. The maximum Gasteiger partial charge on any atom is 0.286 e. The van der Waals surface area contributed by atoms with Crippen molar-refractivity contribution in [1.29, 1.82) is 0 Å². The highest BCUT2D eigenvalue weighted by molar-refractivity contribution is 7.90. The first-order valence-corrected chi connectivity index (χ1v) is 9.14. The quantitative estimate of drug-likeness (QED) is 0.855. The van der Waals surface area contributed by atoms with Gasteiger partial charge in [-0.15, -0.1) is 4.40 Å². The molecule has 130 valence electrons. The number of benzene rings is 2. The van der Waals surface area contributed by atoms with Gasteiger partial charge in [-0.25, -0.2) is 0 Å². The fourth-order valence-corrected chi connectivity index (χ4v) is 3.55. The van der Waals surface area contributed by atoms with Crippen molar-refractivity contribution in [3.8, 4) is 5.75 Å². The molecule has 1 amide bonds. The molecule has 0 fully saturated rings. The zero-order valence-electron chi connectivity index (χ0n) is 13.5. The van der Waals surface area contributed by atoms with E-state index >= 15 is 0 Å². The lowest BCUT2D eigenvalue weighted by Gasteiger charge is -2.17. The molecule has 25 heavy (non-hydrogen) atoms. The number of amidine groups is 1. The molecule has 0 aromatic heterocycles. The van der Waals surface area contributed by atoms with Gasteiger partial charge in [0.05, 0.1) is 18.7 Å². The van der Waals surface area contributed by atoms with Gasteiger partial charge in [-0.05, 0) is 43.3 Å². The minimum atomic E-state index is -3.79. The molecule has 3 rings (SSSR count). The summed E-state index contributed by atoms with van der Waals surface area (Å²) >= 11 is 0. The number of nitrogens with one attached hydrogen (secondary N) is 2. The number of sulfonamides is 1. The molecule has 2 aromatic rings. The summed E-state index contributed by atoms with van der Waals surface area (Å²) < 4.78 is 33.3. The van der Waals surface area contributed by atoms with Crippen LogP contribution in [0.3, 0.4) is 0 Å². The maximum atomic E-state index is 12.2. The summed E-state index contributed by atoms with van der Waals surface area (Å²) in [6.07, 6.45) is -0.180. The van der Waals surface area contributed by atoms with E-state index in [0.29, 0.717) is 23.7 Å². The number of nitrogens with zero attached hydrogens (tertiary/aromatic N) is 1. The Labute approximate surface area is 145 Å². The van der Waals surface area contributed by atoms with Crippen molar-refractivity contribution in [3.05, 3.63) is 48.5 Å². The summed E-state index contributed by atoms with van der Waals surface area (Å²) in [6.45, 7) is 2.45. The summed E-state index contributed by atoms with van der Waals surface area (Å²) in [4.78, 5) is 12.3. The fourth-order valence-electron chi connectivity index (χ4n) is 2.40. The van der Waals surface area contributed by atoms with Crippen molar-refractivity contribution < 1.29 is 17.9 Å². The Morgan fingerprint density at radius 3 is 2.60 bits per heavy atom. The van der Waals surface area contributed by atoms with Crippen molar-refractivity contribution >= 4 is 33.1 Å². The molecule has 1 heterocycles. The average Bonchev–Trinajstić information content (AvgIpc) is 2.56. The van der Waals surface area contributed by atoms with Crippen LogP contribution in [0.15, 0.2) is 57.8 Å². The van der Waals surface area contributed by atoms with E-state index in [0.717, 1.165) is 0 Å². The van der Waals surface area contributed by atoms with Crippen LogP contribution in [0.25, 0.3) is 0 Å². The lowest BCUT2D eigenvalue weighted by atomic mass is 10.2. The number of carbonyl (C=O) groups excluding carboxylic acids is 1. The van der Waals surface area contributed by atoms with Gasteiger partial charge in [0, 0.05) is 5.69 Å². The predicted octanol–water partition coefficient (Wildman–Crippen LogP) is 2.63. The van der Waals surface area contributed by atoms with Gasteiger partial charge in [0.1, 0.15) is 16.5 Å². The van der Waals surface area contributed by atoms with Gasteiger partial charge in [0.25, 0.3) is 10.0 Å². The third-order valence-electron chi connectivity index (χ3n) is 3.45. The molecule has 0 aliphatic carbocycles. The number of rotatable bonds is 5. The second-order valence-corrected chi connectivity index (χ2v) is 6.89. The molecule has 8 heteroatoms. The van der Waals surface area contributed by atoms with Crippen LogP contribution in [-0.4, -0.2) is 26.8 Å². The fraction of sp³-hybridized carbons (Fsp3) is 0.176. The third-order valence-corrected chi connectivity index (χ3v) is 4.82. The van der Waals surface area contributed by atoms with E-state index in [4.69, 9.17) is 4.74 Å². The second-order valence-electron chi connectivity index (χ2n) is 5.32. The van der Waals surface area contributed by atoms with Gasteiger partial charge in [-0.1, -0.05) is 12.1 Å². The molecule has 0 bridgehead atoms. The smallest absolute Gasteiger partial charge is 0.286 e. The van der Waals surface area contributed by atoms with Crippen LogP contribution >= 0.6 is 0 Å². The van der Waals surface area contributed by atoms with Gasteiger partial charge in [0.2, 0.25) is 5.91 Å². The number of anilines is 2. The van der Waals surface area contributed by atoms with Crippen molar-refractivity contribution in [2.24, 2.45) is 4.40 Å². The van der Waals surface area contributed by atoms with Gasteiger partial charge in [-0.3, -0.25) is 4.79 Å². The van der Waals surface area contributed by atoms with Crippen molar-refractivity contribution in [2.45, 2.75) is 18.2 Å². The first kappa shape index (κ1) is 17.0. The van der Waals surface area contributed by atoms with Gasteiger partial charge in [-0.2, -0.15) is 8.42 Å². The molecule has 2 N–H and O–H groups in total. The molecule has 1 aliphatic heterocycles. The molecule has 2 aromatic carbocycles. The van der Waals surface area contributed by atoms with E-state index in [-0.39, 0.29) is 23.1 Å². The standard InChI is InChI=1S/C17H17N3O4S/c1-2-24-13-9-7-12(8-10-13)18-17(21)11-16-19-14-5-3-4-6-15(14)25(22,23)20-16/h3-10H,2,11H2,1H3,(H,18,21)(H,19,20). The predicted molar refractivity (Wildman–Crippen MR) is 95.5 cm³/mol. The minimum absolute atomic E-state index is 0.0853. The topological polar surface area (TPSA) is 96.9 Å². The highest BCUT2D eigenvalue weighted by Gasteiger charge is 2.25. The Kier molecular flexibility index (Phi) is 4.71. The summed E-state index contributed by atoms with van der Waals surface area (Å²) in [6, 6.07) is 13.4. The van der Waals surface area contributed by atoms with Gasteiger partial charge >= 0.3 is 0 Å². The first-order chi connectivity index (χ1) is 12.0. The number of hydrogen-bond acceptors (Lipinski definition) is 5. The van der Waals surface area contributed by atoms with Crippen LogP contribution in [-0.2, 0) is 14.8 Å². The highest BCUT2D eigenvalue weighted by Crippen LogP contribution is 2.27. The molecular formula is C17H17N3O4S. The van der Waals surface area contributed by atoms with E-state index in [1.54, 1.807) is 42.5 Å². The Morgan fingerprint density at radius 1 is 1.16 bits per heavy atom. The number of amides is 1. The van der Waals surface area contributed by atoms with E-state index in [1.165, 1.54) is 6.07 Å². The molecule has 7 nitrogen and oxygen atoms in total. The molecule has 0 unspecified atom stereocenters. The SMILES string of the molecule is CCOc1ccc(NC(=O)CC2=NS(=O)(=O)c3ccccc3N2)cc1. The Bertz CT molecular complexity index is 921. The number of fused-ring (bicyclic) bond motifs is 1. The summed E-state index contributed by atoms with van der Waals surface area (Å²) in [5, 5.41) is 5.58. The monoisotopic (exact) mass is 359 g/mol. The molecule has 0 spiro atoms. The zero-order chi connectivity index (χ0) is 17.9. The summed E-state index contributed by atoms with van der Waals surface area (Å²) in [5.41, 5.74) is 1.01. The van der Waals surface area contributed by atoms with E-state index in [9.17, 15) is 13.2 Å². The normalized spacial score (nSPS) is 14.7. The average molecular weight is 359 g/mol. The van der Waals surface area contributed by atoms with E-state index < -0.39 is 10.0 Å². The van der Waals surface area contributed by atoms with Crippen LogP contribution in [0, 0.1) is 0 Å². The Hall–Kier alpha value is -2.87. The second kappa shape index (κ2) is 6.94. The first-order valence-electron chi connectivity index (χ1n) is 7.70. The minimum Gasteiger partial charge on any atom is -0.494 e. The lowest BCUT2D eigenvalue weighted by Crippen LogP contribution is -2.26. The van der Waals surface area contributed by atoms with E-state index in [1.807, 2.05) is 6.92 Å². The largest absolute Gasteiger partial charge is 0.494 e. The van der Waals surface area contributed by atoms with Crippen molar-refractivity contribution in [2.75, 3.05) is 17.2 Å². The van der Waals surface area contributed by atoms with Crippen LogP contribution in [0.4, 0.5) is 11.4 Å². The molecule has 0 saturated carbocycles. The molecule has 0 radical (unpaired) electrons. The van der Waals surface area contributed by atoms with Crippen LogP contribution in [0.5, 0.6) is 5.75 Å². The lowest BCUT2D eigenvalue weighted by molar-refractivity contribution is -0.115. The van der Waals surface area contributed by atoms with Crippen LogP contribution in [0.1, 0.15) is 13.3 Å². The number of para-hydroxylation sites is 1. The Balaban J connectivity index is 1.68. The molecule has 0 atom stereocenters. The maximum absolute atomic E-state index is 12.2. The summed E-state index contributed by atoms with van der Waals surface area (Å²) in [5.74, 6) is 0.425. The van der Waals surface area contributed by atoms with Crippen LogP contribution < -0.4 is 15.4 Å².